The van der Waals surface area contributed by atoms with Gasteiger partial charge in [-0.2, -0.15) is 0 Å². The van der Waals surface area contributed by atoms with E-state index < -0.39 is 9.84 Å². The third-order valence-corrected chi connectivity index (χ3v) is 4.76. The Hall–Kier alpha value is -1.07. The summed E-state index contributed by atoms with van der Waals surface area (Å²) in [5, 5.41) is 0. The molecule has 0 aliphatic heterocycles. The highest BCUT2D eigenvalue weighted by Crippen LogP contribution is 2.09. The number of sulfone groups is 1. The molecule has 1 aromatic rings. The fourth-order valence-corrected chi connectivity index (χ4v) is 2.59. The SMILES string of the molecule is CCS(=O)(=O)CCCC(N)CCOc1ccccc1. The number of rotatable bonds is 9. The van der Waals surface area contributed by atoms with Gasteiger partial charge in [-0.25, -0.2) is 8.42 Å². The Morgan fingerprint density at radius 1 is 1.21 bits per heavy atom. The third kappa shape index (κ3) is 7.18. The lowest BCUT2D eigenvalue weighted by Crippen LogP contribution is -2.23. The highest BCUT2D eigenvalue weighted by Gasteiger charge is 2.09. The second kappa shape index (κ2) is 8.17. The number of nitrogens with two attached hydrogens (primary N) is 1. The summed E-state index contributed by atoms with van der Waals surface area (Å²) in [6, 6.07) is 9.58. The first kappa shape index (κ1) is 16.0. The predicted octanol–water partition coefficient (Wildman–Crippen LogP) is 2.00. The molecule has 0 saturated carbocycles. The Morgan fingerprint density at radius 2 is 1.89 bits per heavy atom. The summed E-state index contributed by atoms with van der Waals surface area (Å²) in [6.07, 6.45) is 2.08. The van der Waals surface area contributed by atoms with Gasteiger partial charge in [-0.15, -0.1) is 0 Å². The van der Waals surface area contributed by atoms with Gasteiger partial charge in [-0.05, 0) is 31.4 Å². The van der Waals surface area contributed by atoms with Gasteiger partial charge in [-0.1, -0.05) is 25.1 Å². The summed E-state index contributed by atoms with van der Waals surface area (Å²) in [7, 11) is -2.87. The molecule has 4 nitrogen and oxygen atoms in total. The van der Waals surface area contributed by atoms with Crippen LogP contribution in [0.2, 0.25) is 0 Å². The van der Waals surface area contributed by atoms with E-state index in [0.29, 0.717) is 13.0 Å². The standard InChI is InChI=1S/C14H23NO3S/c1-2-19(16,17)12-6-7-13(15)10-11-18-14-8-4-3-5-9-14/h3-5,8-9,13H,2,6-7,10-12,15H2,1H3. The van der Waals surface area contributed by atoms with Gasteiger partial charge >= 0.3 is 0 Å². The molecule has 1 atom stereocenters. The van der Waals surface area contributed by atoms with Gasteiger partial charge in [0.05, 0.1) is 12.4 Å². The molecule has 0 aliphatic carbocycles. The van der Waals surface area contributed by atoms with Crippen LogP contribution in [0.25, 0.3) is 0 Å². The summed E-state index contributed by atoms with van der Waals surface area (Å²) < 4.78 is 28.2. The minimum atomic E-state index is -2.87. The molecule has 108 valence electrons. The van der Waals surface area contributed by atoms with Crippen LogP contribution in [0.3, 0.4) is 0 Å². The van der Waals surface area contributed by atoms with Crippen molar-refractivity contribution in [3.63, 3.8) is 0 Å². The zero-order valence-corrected chi connectivity index (χ0v) is 12.2. The van der Waals surface area contributed by atoms with E-state index >= 15 is 0 Å². The number of para-hydroxylation sites is 1. The van der Waals surface area contributed by atoms with Crippen LogP contribution in [0, 0.1) is 0 Å². The lowest BCUT2D eigenvalue weighted by atomic mass is 10.1. The monoisotopic (exact) mass is 285 g/mol. The molecule has 1 aromatic carbocycles. The van der Waals surface area contributed by atoms with Gasteiger partial charge in [-0.3, -0.25) is 0 Å². The van der Waals surface area contributed by atoms with Crippen LogP contribution in [0.15, 0.2) is 30.3 Å². The third-order valence-electron chi connectivity index (χ3n) is 2.97. The molecule has 1 rings (SSSR count). The average molecular weight is 285 g/mol. The van der Waals surface area contributed by atoms with Crippen molar-refractivity contribution in [2.45, 2.75) is 32.2 Å². The van der Waals surface area contributed by atoms with E-state index in [1.165, 1.54) is 0 Å². The van der Waals surface area contributed by atoms with Crippen molar-refractivity contribution >= 4 is 9.84 Å². The van der Waals surface area contributed by atoms with E-state index in [9.17, 15) is 8.42 Å². The van der Waals surface area contributed by atoms with Crippen LogP contribution in [-0.2, 0) is 9.84 Å². The molecule has 19 heavy (non-hydrogen) atoms. The minimum Gasteiger partial charge on any atom is -0.494 e. The number of benzene rings is 1. The highest BCUT2D eigenvalue weighted by molar-refractivity contribution is 7.91. The second-order valence-electron chi connectivity index (χ2n) is 4.59. The maximum absolute atomic E-state index is 11.3. The van der Waals surface area contributed by atoms with Crippen molar-refractivity contribution in [2.24, 2.45) is 5.73 Å². The quantitative estimate of drug-likeness (QED) is 0.753. The van der Waals surface area contributed by atoms with Crippen molar-refractivity contribution in [1.29, 1.82) is 0 Å². The van der Waals surface area contributed by atoms with E-state index in [4.69, 9.17) is 10.5 Å². The molecule has 0 aromatic heterocycles. The molecule has 5 heteroatoms. The van der Waals surface area contributed by atoms with E-state index in [2.05, 4.69) is 0 Å². The van der Waals surface area contributed by atoms with Crippen molar-refractivity contribution in [3.05, 3.63) is 30.3 Å². The first-order valence-corrected chi connectivity index (χ1v) is 8.49. The molecule has 0 radical (unpaired) electrons. The highest BCUT2D eigenvalue weighted by atomic mass is 32.2. The molecular weight excluding hydrogens is 262 g/mol. The topological polar surface area (TPSA) is 69.4 Å². The van der Waals surface area contributed by atoms with Crippen LogP contribution >= 0.6 is 0 Å². The Bertz CT molecular complexity index is 445. The molecule has 0 amide bonds. The van der Waals surface area contributed by atoms with Crippen LogP contribution < -0.4 is 10.5 Å². The lowest BCUT2D eigenvalue weighted by molar-refractivity contribution is 0.294. The van der Waals surface area contributed by atoms with Crippen LogP contribution in [-0.4, -0.2) is 32.6 Å². The van der Waals surface area contributed by atoms with Gasteiger partial charge < -0.3 is 10.5 Å². The molecule has 1 unspecified atom stereocenters. The van der Waals surface area contributed by atoms with E-state index in [-0.39, 0.29) is 17.5 Å². The number of hydrogen-bond acceptors (Lipinski definition) is 4. The molecular formula is C14H23NO3S. The smallest absolute Gasteiger partial charge is 0.150 e. The Balaban J connectivity index is 2.13. The molecule has 0 saturated heterocycles. The first-order valence-electron chi connectivity index (χ1n) is 6.67. The van der Waals surface area contributed by atoms with Gasteiger partial charge in [0.1, 0.15) is 15.6 Å². The van der Waals surface area contributed by atoms with Crippen molar-refractivity contribution in [1.82, 2.24) is 0 Å². The van der Waals surface area contributed by atoms with Gasteiger partial charge in [0, 0.05) is 11.8 Å². The molecule has 2 N–H and O–H groups in total. The molecule has 0 heterocycles. The largest absolute Gasteiger partial charge is 0.494 e. The average Bonchev–Trinajstić information content (AvgIpc) is 2.40. The zero-order chi connectivity index (χ0) is 14.1. The second-order valence-corrected chi connectivity index (χ2v) is 7.06. The van der Waals surface area contributed by atoms with E-state index in [0.717, 1.165) is 18.6 Å². The summed E-state index contributed by atoms with van der Waals surface area (Å²) in [5.41, 5.74) is 5.93. The van der Waals surface area contributed by atoms with Crippen LogP contribution in [0.1, 0.15) is 26.2 Å². The molecule has 0 spiro atoms. The Morgan fingerprint density at radius 3 is 2.53 bits per heavy atom. The molecule has 0 aliphatic rings. The van der Waals surface area contributed by atoms with Crippen LogP contribution in [0.4, 0.5) is 0 Å². The number of hydrogen-bond donors (Lipinski definition) is 1. The number of ether oxygens (including phenoxy) is 1. The lowest BCUT2D eigenvalue weighted by Gasteiger charge is -2.12. The van der Waals surface area contributed by atoms with Crippen LogP contribution in [0.5, 0.6) is 5.75 Å². The first-order chi connectivity index (χ1) is 9.03. The van der Waals surface area contributed by atoms with Gasteiger partial charge in [0.25, 0.3) is 0 Å². The fraction of sp³-hybridized carbons (Fsp3) is 0.571. The van der Waals surface area contributed by atoms with Crippen molar-refractivity contribution in [2.75, 3.05) is 18.1 Å². The maximum Gasteiger partial charge on any atom is 0.150 e. The maximum atomic E-state index is 11.3. The Kier molecular flexibility index (Phi) is 6.87. The molecule has 0 bridgehead atoms. The zero-order valence-electron chi connectivity index (χ0n) is 11.4. The van der Waals surface area contributed by atoms with E-state index in [1.807, 2.05) is 30.3 Å². The molecule has 0 fully saturated rings. The summed E-state index contributed by atoms with van der Waals surface area (Å²) in [4.78, 5) is 0. The predicted molar refractivity (Wildman–Crippen MR) is 78.1 cm³/mol. The normalized spacial score (nSPS) is 13.2. The van der Waals surface area contributed by atoms with Crippen molar-refractivity contribution in [3.8, 4) is 5.75 Å². The van der Waals surface area contributed by atoms with E-state index in [1.54, 1.807) is 6.92 Å². The summed E-state index contributed by atoms with van der Waals surface area (Å²) in [5.74, 6) is 1.28. The summed E-state index contributed by atoms with van der Waals surface area (Å²) in [6.45, 7) is 2.23. The van der Waals surface area contributed by atoms with Gasteiger partial charge in [0.2, 0.25) is 0 Å². The summed E-state index contributed by atoms with van der Waals surface area (Å²) >= 11 is 0. The Labute approximate surface area is 115 Å². The minimum absolute atomic E-state index is 0.00392. The fourth-order valence-electron chi connectivity index (χ4n) is 1.70. The van der Waals surface area contributed by atoms with Gasteiger partial charge in [0.15, 0.2) is 0 Å². The van der Waals surface area contributed by atoms with Crippen molar-refractivity contribution < 1.29 is 13.2 Å².